The van der Waals surface area contributed by atoms with E-state index in [9.17, 15) is 0 Å². The molecule has 0 unspecified atom stereocenters. The molecule has 2 aromatic heterocycles. The number of rotatable bonds is 2. The molecule has 0 bridgehead atoms. The Morgan fingerprint density at radius 1 is 0.889 bits per heavy atom. The maximum absolute atomic E-state index is 4.37. The second-order valence-corrected chi connectivity index (χ2v) is 4.25. The molecule has 0 fully saturated rings. The van der Waals surface area contributed by atoms with Gasteiger partial charge in [-0.25, -0.2) is 4.68 Å². The van der Waals surface area contributed by atoms with Crippen molar-refractivity contribution in [2.24, 2.45) is 0 Å². The summed E-state index contributed by atoms with van der Waals surface area (Å²) in [7, 11) is 0. The van der Waals surface area contributed by atoms with Gasteiger partial charge in [-0.3, -0.25) is 4.98 Å². The molecule has 0 N–H and O–H groups in total. The Kier molecular flexibility index (Phi) is 2.65. The van der Waals surface area contributed by atoms with Gasteiger partial charge in [-0.15, -0.1) is 0 Å². The fraction of sp³-hybridized carbons (Fsp3) is 0.0667. The van der Waals surface area contributed by atoms with Gasteiger partial charge in [-0.1, -0.05) is 29.8 Å². The highest BCUT2D eigenvalue weighted by molar-refractivity contribution is 5.62. The predicted octanol–water partition coefficient (Wildman–Crippen LogP) is 3.24. The normalized spacial score (nSPS) is 10.5. The molecule has 0 amide bonds. The third-order valence-corrected chi connectivity index (χ3v) is 2.89. The van der Waals surface area contributed by atoms with Gasteiger partial charge in [0.15, 0.2) is 0 Å². The number of aryl methyl sites for hydroxylation is 1. The Labute approximate surface area is 106 Å². The monoisotopic (exact) mass is 235 g/mol. The quantitative estimate of drug-likeness (QED) is 0.682. The molecule has 1 aromatic carbocycles. The van der Waals surface area contributed by atoms with E-state index in [1.165, 1.54) is 11.1 Å². The zero-order valence-corrected chi connectivity index (χ0v) is 10.1. The molecule has 0 saturated carbocycles. The summed E-state index contributed by atoms with van der Waals surface area (Å²) in [4.78, 5) is 4.00. The van der Waals surface area contributed by atoms with Crippen molar-refractivity contribution in [3.8, 4) is 16.8 Å². The molecule has 0 atom stereocenters. The molecule has 0 saturated heterocycles. The van der Waals surface area contributed by atoms with Gasteiger partial charge >= 0.3 is 0 Å². The lowest BCUT2D eigenvalue weighted by atomic mass is 10.1. The summed E-state index contributed by atoms with van der Waals surface area (Å²) in [6, 6.07) is 12.3. The molecule has 18 heavy (non-hydrogen) atoms. The van der Waals surface area contributed by atoms with Crippen LogP contribution in [0.4, 0.5) is 0 Å². The van der Waals surface area contributed by atoms with E-state index in [1.807, 2.05) is 29.2 Å². The first-order valence-corrected chi connectivity index (χ1v) is 5.85. The average Bonchev–Trinajstić information content (AvgIpc) is 2.90. The largest absolute Gasteiger partial charge is 0.265 e. The number of hydrogen-bond donors (Lipinski definition) is 0. The molecule has 3 heteroatoms. The van der Waals surface area contributed by atoms with E-state index < -0.39 is 0 Å². The van der Waals surface area contributed by atoms with Gasteiger partial charge in [0.1, 0.15) is 0 Å². The topological polar surface area (TPSA) is 30.7 Å². The van der Waals surface area contributed by atoms with Crippen molar-refractivity contribution in [1.29, 1.82) is 0 Å². The Hall–Kier alpha value is -2.42. The first-order valence-electron chi connectivity index (χ1n) is 5.85. The Balaban J connectivity index is 1.97. The second kappa shape index (κ2) is 4.45. The third-order valence-electron chi connectivity index (χ3n) is 2.89. The molecular formula is C15H13N3. The summed E-state index contributed by atoms with van der Waals surface area (Å²) < 4.78 is 1.86. The van der Waals surface area contributed by atoms with Crippen LogP contribution in [0, 0.1) is 6.92 Å². The van der Waals surface area contributed by atoms with Crippen molar-refractivity contribution in [1.82, 2.24) is 14.8 Å². The highest BCUT2D eigenvalue weighted by Gasteiger charge is 2.02. The van der Waals surface area contributed by atoms with Crippen LogP contribution in [0.15, 0.2) is 61.2 Å². The van der Waals surface area contributed by atoms with Crippen LogP contribution in [0.5, 0.6) is 0 Å². The van der Waals surface area contributed by atoms with Crippen molar-refractivity contribution in [3.63, 3.8) is 0 Å². The van der Waals surface area contributed by atoms with Gasteiger partial charge in [0.2, 0.25) is 0 Å². The number of pyridine rings is 1. The number of benzene rings is 1. The van der Waals surface area contributed by atoms with Crippen LogP contribution in [0.1, 0.15) is 5.56 Å². The molecule has 0 aliphatic heterocycles. The average molecular weight is 235 g/mol. The van der Waals surface area contributed by atoms with Gasteiger partial charge in [0.25, 0.3) is 0 Å². The summed E-state index contributed by atoms with van der Waals surface area (Å²) in [6.45, 7) is 2.09. The van der Waals surface area contributed by atoms with Crippen LogP contribution < -0.4 is 0 Å². The van der Waals surface area contributed by atoms with Crippen molar-refractivity contribution >= 4 is 0 Å². The summed E-state index contributed by atoms with van der Waals surface area (Å²) in [6.07, 6.45) is 7.44. The lowest BCUT2D eigenvalue weighted by molar-refractivity contribution is 0.878. The Bertz CT molecular complexity index is 639. The first-order chi connectivity index (χ1) is 8.83. The third kappa shape index (κ3) is 2.02. The van der Waals surface area contributed by atoms with Gasteiger partial charge in [0.05, 0.1) is 11.9 Å². The summed E-state index contributed by atoms with van der Waals surface area (Å²) in [5.41, 5.74) is 4.58. The standard InChI is InChI=1S/C15H13N3/c1-12-2-4-13(5-3-12)14-10-17-18(11-14)15-6-8-16-9-7-15/h2-11H,1H3. The van der Waals surface area contributed by atoms with Gasteiger partial charge in [-0.2, -0.15) is 5.10 Å². The molecular weight excluding hydrogens is 222 g/mol. The van der Waals surface area contributed by atoms with E-state index >= 15 is 0 Å². The van der Waals surface area contributed by atoms with E-state index in [1.54, 1.807) is 12.4 Å². The van der Waals surface area contributed by atoms with Gasteiger partial charge in [0, 0.05) is 24.2 Å². The van der Waals surface area contributed by atoms with Gasteiger partial charge < -0.3 is 0 Å². The van der Waals surface area contributed by atoms with E-state index in [2.05, 4.69) is 41.3 Å². The van der Waals surface area contributed by atoms with Crippen molar-refractivity contribution in [2.45, 2.75) is 6.92 Å². The van der Waals surface area contributed by atoms with Crippen LogP contribution in [0.3, 0.4) is 0 Å². The molecule has 3 rings (SSSR count). The molecule has 3 nitrogen and oxygen atoms in total. The molecule has 0 spiro atoms. The summed E-state index contributed by atoms with van der Waals surface area (Å²) in [5, 5.41) is 4.37. The van der Waals surface area contributed by atoms with Crippen LogP contribution in [-0.4, -0.2) is 14.8 Å². The molecule has 88 valence electrons. The maximum Gasteiger partial charge on any atom is 0.0676 e. The highest BCUT2D eigenvalue weighted by atomic mass is 15.3. The molecule has 3 aromatic rings. The molecule has 0 aliphatic rings. The van der Waals surface area contributed by atoms with Crippen LogP contribution in [0.25, 0.3) is 16.8 Å². The van der Waals surface area contributed by atoms with Crippen molar-refractivity contribution in [3.05, 3.63) is 66.7 Å². The van der Waals surface area contributed by atoms with Crippen molar-refractivity contribution in [2.75, 3.05) is 0 Å². The number of hydrogen-bond acceptors (Lipinski definition) is 2. The van der Waals surface area contributed by atoms with Crippen LogP contribution in [0.2, 0.25) is 0 Å². The van der Waals surface area contributed by atoms with Crippen molar-refractivity contribution < 1.29 is 0 Å². The molecule has 0 aliphatic carbocycles. The summed E-state index contributed by atoms with van der Waals surface area (Å²) >= 11 is 0. The minimum Gasteiger partial charge on any atom is -0.265 e. The maximum atomic E-state index is 4.37. The highest BCUT2D eigenvalue weighted by Crippen LogP contribution is 2.20. The lowest BCUT2D eigenvalue weighted by Gasteiger charge is -1.99. The fourth-order valence-corrected chi connectivity index (χ4v) is 1.86. The molecule has 2 heterocycles. The van der Waals surface area contributed by atoms with E-state index in [-0.39, 0.29) is 0 Å². The molecule has 0 radical (unpaired) electrons. The fourth-order valence-electron chi connectivity index (χ4n) is 1.86. The van der Waals surface area contributed by atoms with Gasteiger partial charge in [-0.05, 0) is 24.6 Å². The Morgan fingerprint density at radius 3 is 2.33 bits per heavy atom. The lowest BCUT2D eigenvalue weighted by Crippen LogP contribution is -1.93. The minimum atomic E-state index is 1.02. The van der Waals surface area contributed by atoms with E-state index in [0.29, 0.717) is 0 Å². The number of aromatic nitrogens is 3. The Morgan fingerprint density at radius 2 is 1.61 bits per heavy atom. The van der Waals surface area contributed by atoms with E-state index in [0.717, 1.165) is 11.3 Å². The zero-order valence-electron chi connectivity index (χ0n) is 10.1. The SMILES string of the molecule is Cc1ccc(-c2cnn(-c3ccncc3)c2)cc1. The van der Waals surface area contributed by atoms with Crippen LogP contribution >= 0.6 is 0 Å². The van der Waals surface area contributed by atoms with E-state index in [4.69, 9.17) is 0 Å². The smallest absolute Gasteiger partial charge is 0.0676 e. The second-order valence-electron chi connectivity index (χ2n) is 4.25. The minimum absolute atomic E-state index is 1.02. The predicted molar refractivity (Wildman–Crippen MR) is 71.5 cm³/mol. The summed E-state index contributed by atoms with van der Waals surface area (Å²) in [5.74, 6) is 0. The first kappa shape index (κ1) is 10.7. The zero-order chi connectivity index (χ0) is 12.4. The van der Waals surface area contributed by atoms with Crippen LogP contribution in [-0.2, 0) is 0 Å². The number of nitrogens with zero attached hydrogens (tertiary/aromatic N) is 3.